The second-order valence-electron chi connectivity index (χ2n) is 5.75. The Bertz CT molecular complexity index is 748. The first-order valence-corrected chi connectivity index (χ1v) is 7.97. The fourth-order valence-corrected chi connectivity index (χ4v) is 3.07. The van der Waals surface area contributed by atoms with Crippen molar-refractivity contribution in [2.24, 2.45) is 0 Å². The van der Waals surface area contributed by atoms with Crippen LogP contribution in [-0.2, 0) is 0 Å². The molecule has 1 saturated heterocycles. The van der Waals surface area contributed by atoms with Gasteiger partial charge >= 0.3 is 0 Å². The summed E-state index contributed by atoms with van der Waals surface area (Å²) in [5.41, 5.74) is 0.633. The van der Waals surface area contributed by atoms with Crippen LogP contribution in [0, 0.1) is 0 Å². The Morgan fingerprint density at radius 2 is 2.09 bits per heavy atom. The summed E-state index contributed by atoms with van der Waals surface area (Å²) in [6.07, 6.45) is 5.53. The number of nitrogens with zero attached hydrogens (tertiary/aromatic N) is 6. The lowest BCUT2D eigenvalue weighted by molar-refractivity contribution is 0.152. The second kappa shape index (κ2) is 6.33. The minimum atomic E-state index is 0.205. The van der Waals surface area contributed by atoms with Gasteiger partial charge in [0.1, 0.15) is 11.6 Å². The SMILES string of the molecule is c1coc(C(CNc2ccc3nnnn3n2)N2CCCCC2)c1. The van der Waals surface area contributed by atoms with Crippen LogP contribution in [0.15, 0.2) is 34.9 Å². The zero-order valence-corrected chi connectivity index (χ0v) is 12.8. The van der Waals surface area contributed by atoms with E-state index in [1.54, 1.807) is 6.26 Å². The number of aromatic nitrogens is 5. The Labute approximate surface area is 133 Å². The highest BCUT2D eigenvalue weighted by Crippen LogP contribution is 2.25. The summed E-state index contributed by atoms with van der Waals surface area (Å²) in [4.78, 5) is 2.48. The number of likely N-dealkylation sites (tertiary alicyclic amines) is 1. The minimum Gasteiger partial charge on any atom is -0.468 e. The third kappa shape index (κ3) is 3.02. The van der Waals surface area contributed by atoms with Crippen molar-refractivity contribution in [3.8, 4) is 0 Å². The van der Waals surface area contributed by atoms with Gasteiger partial charge in [-0.2, -0.15) is 0 Å². The maximum absolute atomic E-state index is 5.66. The summed E-state index contributed by atoms with van der Waals surface area (Å²) in [6, 6.07) is 7.92. The zero-order chi connectivity index (χ0) is 15.5. The van der Waals surface area contributed by atoms with Crippen molar-refractivity contribution >= 4 is 11.5 Å². The topological polar surface area (TPSA) is 84.4 Å². The molecule has 0 aliphatic carbocycles. The largest absolute Gasteiger partial charge is 0.468 e. The fourth-order valence-electron chi connectivity index (χ4n) is 3.07. The Kier molecular flexibility index (Phi) is 3.89. The molecule has 3 aromatic heterocycles. The van der Waals surface area contributed by atoms with E-state index in [1.165, 1.54) is 23.9 Å². The minimum absolute atomic E-state index is 0.205. The van der Waals surface area contributed by atoms with Gasteiger partial charge in [-0.3, -0.25) is 4.90 Å². The van der Waals surface area contributed by atoms with Gasteiger partial charge in [0.2, 0.25) is 0 Å². The van der Waals surface area contributed by atoms with Crippen LogP contribution in [0.2, 0.25) is 0 Å². The van der Waals surface area contributed by atoms with Gasteiger partial charge in [0.25, 0.3) is 0 Å². The smallest absolute Gasteiger partial charge is 0.200 e. The highest BCUT2D eigenvalue weighted by molar-refractivity contribution is 5.42. The highest BCUT2D eigenvalue weighted by atomic mass is 16.3. The molecule has 4 rings (SSSR count). The predicted octanol–water partition coefficient (Wildman–Crippen LogP) is 1.75. The molecule has 0 bridgehead atoms. The molecule has 0 spiro atoms. The average molecular weight is 313 g/mol. The molecule has 0 aromatic carbocycles. The summed E-state index contributed by atoms with van der Waals surface area (Å²) in [6.45, 7) is 2.94. The van der Waals surface area contributed by atoms with Gasteiger partial charge in [-0.25, -0.2) is 0 Å². The second-order valence-corrected chi connectivity index (χ2v) is 5.75. The summed E-state index contributed by atoms with van der Waals surface area (Å²) in [5.74, 6) is 1.74. The van der Waals surface area contributed by atoms with Crippen LogP contribution in [0.4, 0.5) is 5.82 Å². The first-order chi connectivity index (χ1) is 11.4. The monoisotopic (exact) mass is 313 g/mol. The molecule has 1 aliphatic heterocycles. The van der Waals surface area contributed by atoms with Gasteiger partial charge in [-0.05, 0) is 60.6 Å². The number of nitrogens with one attached hydrogen (secondary N) is 1. The number of tetrazole rings is 1. The molecule has 0 saturated carbocycles. The molecule has 23 heavy (non-hydrogen) atoms. The Balaban J connectivity index is 1.50. The van der Waals surface area contributed by atoms with Crippen LogP contribution in [-0.4, -0.2) is 49.8 Å². The third-order valence-electron chi connectivity index (χ3n) is 4.25. The van der Waals surface area contributed by atoms with Crippen molar-refractivity contribution in [2.45, 2.75) is 25.3 Å². The first kappa shape index (κ1) is 14.1. The van der Waals surface area contributed by atoms with Crippen LogP contribution in [0.3, 0.4) is 0 Å². The zero-order valence-electron chi connectivity index (χ0n) is 12.8. The number of fused-ring (bicyclic) bond motifs is 1. The van der Waals surface area contributed by atoms with E-state index in [0.29, 0.717) is 5.65 Å². The molecular formula is C15H19N7O. The number of hydrogen-bond donors (Lipinski definition) is 1. The van der Waals surface area contributed by atoms with E-state index in [1.807, 2.05) is 24.3 Å². The van der Waals surface area contributed by atoms with Crippen molar-refractivity contribution in [2.75, 3.05) is 25.0 Å². The van der Waals surface area contributed by atoms with Gasteiger partial charge < -0.3 is 9.73 Å². The summed E-state index contributed by atoms with van der Waals surface area (Å²) < 4.78 is 7.08. The third-order valence-corrected chi connectivity index (χ3v) is 4.25. The van der Waals surface area contributed by atoms with Gasteiger partial charge in [0.05, 0.1) is 12.3 Å². The van der Waals surface area contributed by atoms with Crippen LogP contribution in [0.1, 0.15) is 31.1 Å². The molecule has 4 heterocycles. The van der Waals surface area contributed by atoms with Crippen LogP contribution < -0.4 is 5.32 Å². The van der Waals surface area contributed by atoms with E-state index in [0.717, 1.165) is 31.2 Å². The van der Waals surface area contributed by atoms with E-state index in [2.05, 4.69) is 30.8 Å². The average Bonchev–Trinajstić information content (AvgIpc) is 3.27. The van der Waals surface area contributed by atoms with E-state index >= 15 is 0 Å². The van der Waals surface area contributed by atoms with Crippen molar-refractivity contribution in [3.05, 3.63) is 36.3 Å². The highest BCUT2D eigenvalue weighted by Gasteiger charge is 2.24. The van der Waals surface area contributed by atoms with Crippen molar-refractivity contribution in [1.29, 1.82) is 0 Å². The molecule has 1 N–H and O–H groups in total. The molecule has 3 aromatic rings. The molecule has 0 radical (unpaired) electrons. The van der Waals surface area contributed by atoms with E-state index in [9.17, 15) is 0 Å². The van der Waals surface area contributed by atoms with Crippen LogP contribution >= 0.6 is 0 Å². The van der Waals surface area contributed by atoms with Gasteiger partial charge in [-0.1, -0.05) is 6.42 Å². The van der Waals surface area contributed by atoms with Crippen LogP contribution in [0.5, 0.6) is 0 Å². The maximum atomic E-state index is 5.66. The van der Waals surface area contributed by atoms with E-state index in [-0.39, 0.29) is 6.04 Å². The molecule has 120 valence electrons. The molecule has 1 unspecified atom stereocenters. The fraction of sp³-hybridized carbons (Fsp3) is 0.467. The first-order valence-electron chi connectivity index (χ1n) is 7.97. The number of rotatable bonds is 5. The number of furan rings is 1. The Morgan fingerprint density at radius 1 is 1.17 bits per heavy atom. The lowest BCUT2D eigenvalue weighted by atomic mass is 10.1. The Morgan fingerprint density at radius 3 is 2.91 bits per heavy atom. The van der Waals surface area contributed by atoms with Crippen molar-refractivity contribution in [3.63, 3.8) is 0 Å². The van der Waals surface area contributed by atoms with Gasteiger partial charge in [0.15, 0.2) is 5.65 Å². The number of hydrogen-bond acceptors (Lipinski definition) is 7. The van der Waals surface area contributed by atoms with Crippen LogP contribution in [0.25, 0.3) is 5.65 Å². The summed E-state index contributed by atoms with van der Waals surface area (Å²) >= 11 is 0. The van der Waals surface area contributed by atoms with Crippen molar-refractivity contribution < 1.29 is 4.42 Å². The predicted molar refractivity (Wildman–Crippen MR) is 83.9 cm³/mol. The normalized spacial score (nSPS) is 17.4. The van der Waals surface area contributed by atoms with E-state index in [4.69, 9.17) is 4.42 Å². The van der Waals surface area contributed by atoms with Crippen molar-refractivity contribution in [1.82, 2.24) is 30.2 Å². The quantitative estimate of drug-likeness (QED) is 0.768. The molecule has 1 atom stereocenters. The summed E-state index contributed by atoms with van der Waals surface area (Å²) in [5, 5.41) is 19.0. The standard InChI is InChI=1S/C15H19N7O/c1-2-8-21(9-3-1)12(13-5-4-10-23-13)11-16-14-6-7-15-17-19-20-22(15)18-14/h4-7,10,12H,1-3,8-9,11H2,(H,16,18). The lowest BCUT2D eigenvalue weighted by Gasteiger charge is -2.33. The number of anilines is 1. The molecule has 8 nitrogen and oxygen atoms in total. The van der Waals surface area contributed by atoms with Gasteiger partial charge in [0, 0.05) is 6.54 Å². The lowest BCUT2D eigenvalue weighted by Crippen LogP contribution is -2.37. The number of piperidine rings is 1. The molecule has 8 heteroatoms. The van der Waals surface area contributed by atoms with Gasteiger partial charge in [-0.15, -0.1) is 14.8 Å². The molecule has 1 aliphatic rings. The van der Waals surface area contributed by atoms with E-state index < -0.39 is 0 Å². The molecular weight excluding hydrogens is 294 g/mol. The molecule has 0 amide bonds. The molecule has 1 fully saturated rings. The Hall–Kier alpha value is -2.48. The summed E-state index contributed by atoms with van der Waals surface area (Å²) in [7, 11) is 0. The maximum Gasteiger partial charge on any atom is 0.200 e.